The molecule has 2 rings (SSSR count). The molecule has 0 spiro atoms. The van der Waals surface area contributed by atoms with Crippen LogP contribution in [0.25, 0.3) is 0 Å². The summed E-state index contributed by atoms with van der Waals surface area (Å²) in [5.74, 6) is 0.0932. The largest absolute Gasteiger partial charge is 0.353 e. The fourth-order valence-corrected chi connectivity index (χ4v) is 3.23. The lowest BCUT2D eigenvalue weighted by Gasteiger charge is -2.29. The first-order valence-corrected chi connectivity index (χ1v) is 8.83. The van der Waals surface area contributed by atoms with Gasteiger partial charge in [-0.15, -0.1) is 0 Å². The minimum absolute atomic E-state index is 0.0384. The van der Waals surface area contributed by atoms with Gasteiger partial charge in [0.2, 0.25) is 5.91 Å². The number of amides is 1. The summed E-state index contributed by atoms with van der Waals surface area (Å²) in [6, 6.07) is 18.9. The predicted molar refractivity (Wildman–Crippen MR) is 101 cm³/mol. The molecule has 1 N–H and O–H groups in total. The van der Waals surface area contributed by atoms with Crippen LogP contribution < -0.4 is 5.32 Å². The summed E-state index contributed by atoms with van der Waals surface area (Å²) in [4.78, 5) is 12.3. The van der Waals surface area contributed by atoms with Crippen molar-refractivity contribution in [3.05, 3.63) is 71.3 Å². The van der Waals surface area contributed by atoms with Crippen LogP contribution in [0.1, 0.15) is 50.8 Å². The first kappa shape index (κ1) is 18.3. The molecule has 0 aliphatic carbocycles. The van der Waals surface area contributed by atoms with Gasteiger partial charge in [-0.2, -0.15) is 0 Å². The molecule has 0 saturated heterocycles. The minimum Gasteiger partial charge on any atom is -0.353 e. The van der Waals surface area contributed by atoms with E-state index in [1.165, 1.54) is 11.1 Å². The Kier molecular flexibility index (Phi) is 6.19. The molecule has 0 saturated carbocycles. The second-order valence-electron chi connectivity index (χ2n) is 7.27. The fourth-order valence-electron chi connectivity index (χ4n) is 3.23. The van der Waals surface area contributed by atoms with Crippen LogP contribution in [0.3, 0.4) is 0 Å². The van der Waals surface area contributed by atoms with E-state index in [0.29, 0.717) is 6.42 Å². The molecular formula is C22H29NO. The second kappa shape index (κ2) is 8.14. The molecule has 0 aliphatic rings. The third-order valence-corrected chi connectivity index (χ3v) is 4.58. The molecule has 2 nitrogen and oxygen atoms in total. The Hall–Kier alpha value is -2.09. The zero-order chi connectivity index (χ0) is 17.6. The number of benzene rings is 2. The molecular weight excluding hydrogens is 294 g/mol. The van der Waals surface area contributed by atoms with Crippen LogP contribution in [0, 0.1) is 0 Å². The van der Waals surface area contributed by atoms with Crippen molar-refractivity contribution in [1.82, 2.24) is 5.32 Å². The smallest absolute Gasteiger partial charge is 0.224 e. The molecule has 1 atom stereocenters. The highest BCUT2D eigenvalue weighted by Gasteiger charge is 2.23. The van der Waals surface area contributed by atoms with E-state index in [4.69, 9.17) is 0 Å². The van der Waals surface area contributed by atoms with Crippen LogP contribution in [0.15, 0.2) is 54.6 Å². The van der Waals surface area contributed by atoms with Gasteiger partial charge in [-0.25, -0.2) is 0 Å². The van der Waals surface area contributed by atoms with Gasteiger partial charge in [0.1, 0.15) is 0 Å². The maximum Gasteiger partial charge on any atom is 0.224 e. The Morgan fingerprint density at radius 2 is 1.58 bits per heavy atom. The molecule has 2 aromatic rings. The number of carbonyl (C=O) groups excluding carboxylic acids is 1. The lowest BCUT2D eigenvalue weighted by atomic mass is 9.79. The van der Waals surface area contributed by atoms with Crippen molar-refractivity contribution >= 4 is 5.91 Å². The van der Waals surface area contributed by atoms with E-state index in [9.17, 15) is 4.79 Å². The lowest BCUT2D eigenvalue weighted by molar-refractivity contribution is -0.121. The van der Waals surface area contributed by atoms with E-state index in [1.807, 2.05) is 6.07 Å². The molecule has 0 bridgehead atoms. The Bertz CT molecular complexity index is 643. The quantitative estimate of drug-likeness (QED) is 0.788. The van der Waals surface area contributed by atoms with E-state index in [1.54, 1.807) is 0 Å². The molecule has 2 heteroatoms. The molecule has 0 unspecified atom stereocenters. The normalized spacial score (nSPS) is 12.7. The summed E-state index contributed by atoms with van der Waals surface area (Å²) in [6.07, 6.45) is 2.38. The summed E-state index contributed by atoms with van der Waals surface area (Å²) in [7, 11) is 0. The Morgan fingerprint density at radius 1 is 1.00 bits per heavy atom. The summed E-state index contributed by atoms with van der Waals surface area (Å²) >= 11 is 0. The average Bonchev–Trinajstić information content (AvgIpc) is 2.55. The maximum atomic E-state index is 12.3. The highest BCUT2D eigenvalue weighted by atomic mass is 16.1. The monoisotopic (exact) mass is 323 g/mol. The standard InChI is InChI=1S/C22H29NO/c1-5-18-11-13-19(14-12-18)15-21(24)23-17(2)16-22(3,4)20-9-7-6-8-10-20/h6-14,17H,5,15-16H2,1-4H3,(H,23,24)/t17-/m0/s1. The molecule has 2 aromatic carbocycles. The predicted octanol–water partition coefficient (Wildman–Crippen LogP) is 4.66. The van der Waals surface area contributed by atoms with Crippen LogP contribution in [-0.4, -0.2) is 11.9 Å². The van der Waals surface area contributed by atoms with Crippen LogP contribution in [0.2, 0.25) is 0 Å². The van der Waals surface area contributed by atoms with Crippen LogP contribution in [0.4, 0.5) is 0 Å². The molecule has 0 radical (unpaired) electrons. The number of hydrogen-bond donors (Lipinski definition) is 1. The van der Waals surface area contributed by atoms with E-state index < -0.39 is 0 Å². The number of aryl methyl sites for hydroxylation is 1. The zero-order valence-electron chi connectivity index (χ0n) is 15.3. The highest BCUT2D eigenvalue weighted by Crippen LogP contribution is 2.28. The minimum atomic E-state index is 0.0384. The number of nitrogens with one attached hydrogen (secondary N) is 1. The van der Waals surface area contributed by atoms with Crippen LogP contribution in [0.5, 0.6) is 0 Å². The first-order chi connectivity index (χ1) is 11.4. The van der Waals surface area contributed by atoms with Gasteiger partial charge in [0, 0.05) is 6.04 Å². The van der Waals surface area contributed by atoms with Gasteiger partial charge in [0.05, 0.1) is 6.42 Å². The van der Waals surface area contributed by atoms with E-state index in [0.717, 1.165) is 18.4 Å². The second-order valence-corrected chi connectivity index (χ2v) is 7.27. The van der Waals surface area contributed by atoms with Gasteiger partial charge >= 0.3 is 0 Å². The number of carbonyl (C=O) groups is 1. The number of rotatable bonds is 7. The van der Waals surface area contributed by atoms with Crippen molar-refractivity contribution in [2.45, 2.75) is 58.4 Å². The summed E-state index contributed by atoms with van der Waals surface area (Å²) < 4.78 is 0. The van der Waals surface area contributed by atoms with Crippen molar-refractivity contribution in [3.63, 3.8) is 0 Å². The molecule has 128 valence electrons. The average molecular weight is 323 g/mol. The fraction of sp³-hybridized carbons (Fsp3) is 0.409. The molecule has 0 heterocycles. The molecule has 0 aliphatic heterocycles. The molecule has 0 aromatic heterocycles. The zero-order valence-corrected chi connectivity index (χ0v) is 15.3. The molecule has 1 amide bonds. The lowest BCUT2D eigenvalue weighted by Crippen LogP contribution is -2.38. The van der Waals surface area contributed by atoms with Crippen molar-refractivity contribution in [3.8, 4) is 0 Å². The van der Waals surface area contributed by atoms with Crippen molar-refractivity contribution in [1.29, 1.82) is 0 Å². The van der Waals surface area contributed by atoms with E-state index >= 15 is 0 Å². The highest BCUT2D eigenvalue weighted by molar-refractivity contribution is 5.78. The van der Waals surface area contributed by atoms with Gasteiger partial charge < -0.3 is 5.32 Å². The van der Waals surface area contributed by atoms with Crippen LogP contribution >= 0.6 is 0 Å². The van der Waals surface area contributed by atoms with Gasteiger partial charge in [0.25, 0.3) is 0 Å². The van der Waals surface area contributed by atoms with E-state index in [2.05, 4.69) is 81.5 Å². The third-order valence-electron chi connectivity index (χ3n) is 4.58. The maximum absolute atomic E-state index is 12.3. The van der Waals surface area contributed by atoms with Crippen LogP contribution in [-0.2, 0) is 23.1 Å². The van der Waals surface area contributed by atoms with Gasteiger partial charge in [-0.1, -0.05) is 75.4 Å². The van der Waals surface area contributed by atoms with Gasteiger partial charge in [-0.05, 0) is 41.9 Å². The summed E-state index contributed by atoms with van der Waals surface area (Å²) in [5.41, 5.74) is 3.72. The first-order valence-electron chi connectivity index (χ1n) is 8.83. The molecule has 0 fully saturated rings. The number of hydrogen-bond acceptors (Lipinski definition) is 1. The van der Waals surface area contributed by atoms with E-state index in [-0.39, 0.29) is 17.4 Å². The Morgan fingerprint density at radius 3 is 2.17 bits per heavy atom. The Balaban J connectivity index is 1.89. The topological polar surface area (TPSA) is 29.1 Å². The van der Waals surface area contributed by atoms with Gasteiger partial charge in [0.15, 0.2) is 0 Å². The van der Waals surface area contributed by atoms with Crippen molar-refractivity contribution < 1.29 is 4.79 Å². The van der Waals surface area contributed by atoms with Crippen molar-refractivity contribution in [2.24, 2.45) is 0 Å². The summed E-state index contributed by atoms with van der Waals surface area (Å²) in [6.45, 7) is 8.68. The van der Waals surface area contributed by atoms with Crippen molar-refractivity contribution in [2.75, 3.05) is 0 Å². The SMILES string of the molecule is CCc1ccc(CC(=O)N[C@@H](C)CC(C)(C)c2ccccc2)cc1. The summed E-state index contributed by atoms with van der Waals surface area (Å²) in [5, 5.41) is 3.14. The molecule has 24 heavy (non-hydrogen) atoms. The third kappa shape index (κ3) is 5.23. The Labute approximate surface area is 146 Å². The van der Waals surface area contributed by atoms with Gasteiger partial charge in [-0.3, -0.25) is 4.79 Å².